The van der Waals surface area contributed by atoms with Gasteiger partial charge in [-0.05, 0) is 19.8 Å². The maximum atomic E-state index is 11.1. The molecule has 5 nitrogen and oxygen atoms in total. The number of Topliss-reactive ketones (excluding diaryl/α,β-unsaturated/α-hetero) is 1. The molecule has 2 aromatic carbocycles. The molecule has 0 amide bonds. The van der Waals surface area contributed by atoms with Gasteiger partial charge in [0.25, 0.3) is 0 Å². The van der Waals surface area contributed by atoms with E-state index in [0.29, 0.717) is 12.2 Å². The molecule has 28 heavy (non-hydrogen) atoms. The van der Waals surface area contributed by atoms with Gasteiger partial charge in [-0.15, -0.1) is 23.3 Å². The number of fused-ring (bicyclic) bond motifs is 2. The van der Waals surface area contributed by atoms with E-state index in [9.17, 15) is 9.59 Å². The SMILES string of the molecule is CC(=O)[C@H]1CCc2c[c-]ccc2O1.O=C(O)[C@@H]1CCc2c[c-]ccc2O1.[Y].[Y]. The number of rotatable bonds is 2. The molecular formula is C21H20O5Y2-2. The number of carbonyl (C=O) groups excluding carboxylic acids is 1. The molecule has 0 unspecified atom stereocenters. The van der Waals surface area contributed by atoms with Gasteiger partial charge in [-0.3, -0.25) is 4.79 Å². The maximum Gasteiger partial charge on any atom is 0.344 e. The molecule has 2 heterocycles. The Hall–Kier alpha value is -0.612. The molecular weight excluding hydrogens is 510 g/mol. The third-order valence-corrected chi connectivity index (χ3v) is 4.43. The Morgan fingerprint density at radius 1 is 0.929 bits per heavy atom. The average molecular weight is 530 g/mol. The summed E-state index contributed by atoms with van der Waals surface area (Å²) in [5.74, 6) is 0.736. The van der Waals surface area contributed by atoms with Crippen molar-refractivity contribution in [3.05, 3.63) is 59.7 Å². The van der Waals surface area contributed by atoms with Crippen LogP contribution in [0, 0.1) is 12.1 Å². The van der Waals surface area contributed by atoms with Crippen LogP contribution in [0.2, 0.25) is 0 Å². The zero-order valence-corrected chi connectivity index (χ0v) is 21.4. The van der Waals surface area contributed by atoms with Crippen molar-refractivity contribution in [1.29, 1.82) is 0 Å². The van der Waals surface area contributed by atoms with E-state index in [1.165, 1.54) is 0 Å². The molecule has 0 aromatic heterocycles. The van der Waals surface area contributed by atoms with Crippen molar-refractivity contribution in [2.45, 2.75) is 44.8 Å². The first-order valence-corrected chi connectivity index (χ1v) is 8.59. The fourth-order valence-corrected chi connectivity index (χ4v) is 2.98. The van der Waals surface area contributed by atoms with Gasteiger partial charge in [0.2, 0.25) is 0 Å². The summed E-state index contributed by atoms with van der Waals surface area (Å²) in [6.45, 7) is 1.57. The third kappa shape index (κ3) is 6.72. The van der Waals surface area contributed by atoms with E-state index in [0.717, 1.165) is 36.1 Å². The van der Waals surface area contributed by atoms with E-state index in [1.807, 2.05) is 18.2 Å². The molecule has 2 atom stereocenters. The summed E-state index contributed by atoms with van der Waals surface area (Å²) in [5.41, 5.74) is 2.19. The summed E-state index contributed by atoms with van der Waals surface area (Å²) in [6, 6.07) is 16.9. The topological polar surface area (TPSA) is 72.8 Å². The average Bonchev–Trinajstić information content (AvgIpc) is 2.67. The van der Waals surface area contributed by atoms with Gasteiger partial charge < -0.3 is 14.6 Å². The van der Waals surface area contributed by atoms with E-state index >= 15 is 0 Å². The van der Waals surface area contributed by atoms with Crippen LogP contribution < -0.4 is 9.47 Å². The number of benzene rings is 2. The second kappa shape index (κ2) is 12.2. The number of hydrogen-bond donors (Lipinski definition) is 1. The Morgan fingerprint density at radius 2 is 1.39 bits per heavy atom. The summed E-state index contributed by atoms with van der Waals surface area (Å²) in [5, 5.41) is 8.73. The van der Waals surface area contributed by atoms with Crippen molar-refractivity contribution in [1.82, 2.24) is 0 Å². The largest absolute Gasteiger partial charge is 0.508 e. The van der Waals surface area contributed by atoms with Crippen molar-refractivity contribution in [3.8, 4) is 11.5 Å². The first kappa shape index (κ1) is 25.4. The van der Waals surface area contributed by atoms with E-state index < -0.39 is 12.1 Å². The van der Waals surface area contributed by atoms with Gasteiger partial charge in [-0.1, -0.05) is 12.8 Å². The van der Waals surface area contributed by atoms with Gasteiger partial charge in [0.1, 0.15) is 0 Å². The number of carboxylic acid groups (broad SMARTS) is 1. The van der Waals surface area contributed by atoms with Crippen LogP contribution in [0.25, 0.3) is 0 Å². The molecule has 4 rings (SSSR count). The van der Waals surface area contributed by atoms with Crippen LogP contribution in [-0.4, -0.2) is 29.1 Å². The first-order chi connectivity index (χ1) is 12.5. The second-order valence-electron chi connectivity index (χ2n) is 6.31. The van der Waals surface area contributed by atoms with Crippen LogP contribution in [0.3, 0.4) is 0 Å². The van der Waals surface area contributed by atoms with E-state index in [2.05, 4.69) is 12.1 Å². The zero-order chi connectivity index (χ0) is 18.5. The Morgan fingerprint density at radius 3 is 1.86 bits per heavy atom. The van der Waals surface area contributed by atoms with Gasteiger partial charge in [0, 0.05) is 76.9 Å². The Kier molecular flexibility index (Phi) is 11.0. The Balaban J connectivity index is 0.000000261. The van der Waals surface area contributed by atoms with E-state index in [-0.39, 0.29) is 77.3 Å². The van der Waals surface area contributed by atoms with Crippen LogP contribution in [0.1, 0.15) is 30.9 Å². The molecule has 0 saturated heterocycles. The molecule has 7 heteroatoms. The van der Waals surface area contributed by atoms with Gasteiger partial charge in [0.15, 0.2) is 18.0 Å². The van der Waals surface area contributed by atoms with Crippen molar-refractivity contribution >= 4 is 11.8 Å². The van der Waals surface area contributed by atoms with Gasteiger partial charge in [-0.2, -0.15) is 36.4 Å². The molecule has 2 aliphatic rings. The van der Waals surface area contributed by atoms with Crippen LogP contribution >= 0.6 is 0 Å². The van der Waals surface area contributed by atoms with Crippen molar-refractivity contribution in [3.63, 3.8) is 0 Å². The predicted molar refractivity (Wildman–Crippen MR) is 94.3 cm³/mol. The van der Waals surface area contributed by atoms with E-state index in [1.54, 1.807) is 25.1 Å². The number of ether oxygens (including phenoxy) is 2. The molecule has 142 valence electrons. The van der Waals surface area contributed by atoms with Gasteiger partial charge >= 0.3 is 5.97 Å². The number of carbonyl (C=O) groups is 2. The number of aliphatic carboxylic acids is 1. The Bertz CT molecular complexity index is 741. The quantitative estimate of drug-likeness (QED) is 0.605. The van der Waals surface area contributed by atoms with Crippen LogP contribution in [-0.2, 0) is 87.8 Å². The molecule has 0 bridgehead atoms. The van der Waals surface area contributed by atoms with Crippen LogP contribution in [0.15, 0.2) is 36.4 Å². The van der Waals surface area contributed by atoms with Gasteiger partial charge in [0.05, 0.1) is 0 Å². The number of hydrogen-bond acceptors (Lipinski definition) is 4. The summed E-state index contributed by atoms with van der Waals surface area (Å²) in [7, 11) is 0. The molecule has 2 radical (unpaired) electrons. The van der Waals surface area contributed by atoms with Crippen LogP contribution in [0.4, 0.5) is 0 Å². The number of ketones is 1. The summed E-state index contributed by atoms with van der Waals surface area (Å²) in [6.07, 6.45) is 2.07. The number of carboxylic acids is 1. The second-order valence-corrected chi connectivity index (χ2v) is 6.31. The van der Waals surface area contributed by atoms with Crippen molar-refractivity contribution in [2.75, 3.05) is 0 Å². The van der Waals surface area contributed by atoms with Gasteiger partial charge in [-0.25, -0.2) is 4.79 Å². The van der Waals surface area contributed by atoms with Crippen LogP contribution in [0.5, 0.6) is 11.5 Å². The minimum Gasteiger partial charge on any atom is -0.508 e. The fraction of sp³-hybridized carbons (Fsp3) is 0.333. The first-order valence-electron chi connectivity index (χ1n) is 8.59. The smallest absolute Gasteiger partial charge is 0.344 e. The monoisotopic (exact) mass is 530 g/mol. The minimum atomic E-state index is -0.890. The minimum absolute atomic E-state index is 0. The standard InChI is InChI=1S/C11H11O2.C10H9O3.2Y/c1-8(12)10-7-6-9-4-2-3-5-11(9)13-10;11-10(12)9-6-5-7-3-1-2-4-8(7)13-9;;/h3-5,10H,6-7H2,1H3;2-4,9H,5-6H2,(H,11,12);;/q2*-1;;/t10-;9-;;/m10../s1. The van der Waals surface area contributed by atoms with Crippen molar-refractivity contribution in [2.24, 2.45) is 0 Å². The normalized spacial score (nSPS) is 18.8. The van der Waals surface area contributed by atoms with E-state index in [4.69, 9.17) is 14.6 Å². The molecule has 0 fully saturated rings. The third-order valence-electron chi connectivity index (χ3n) is 4.43. The fourth-order valence-electron chi connectivity index (χ4n) is 2.98. The zero-order valence-electron chi connectivity index (χ0n) is 15.7. The summed E-state index contributed by atoms with van der Waals surface area (Å²) >= 11 is 0. The van der Waals surface area contributed by atoms with Crippen molar-refractivity contribution < 1.29 is 89.6 Å². The maximum absolute atomic E-state index is 11.1. The number of aryl methyl sites for hydroxylation is 2. The molecule has 2 aromatic rings. The predicted octanol–water partition coefficient (Wildman–Crippen LogP) is 3.03. The summed E-state index contributed by atoms with van der Waals surface area (Å²) < 4.78 is 10.8. The Labute approximate surface area is 215 Å². The molecule has 0 aliphatic carbocycles. The molecule has 1 N–H and O–H groups in total. The molecule has 0 saturated carbocycles. The molecule has 2 aliphatic heterocycles. The molecule has 0 spiro atoms. The summed E-state index contributed by atoms with van der Waals surface area (Å²) in [4.78, 5) is 21.7.